The molecule has 2 aliphatic heterocycles. The summed E-state index contributed by atoms with van der Waals surface area (Å²) < 4.78 is 7.98. The van der Waals surface area contributed by atoms with Gasteiger partial charge in [-0.15, -0.1) is 0 Å². The van der Waals surface area contributed by atoms with E-state index < -0.39 is 0 Å². The lowest BCUT2D eigenvalue weighted by molar-refractivity contribution is -0.0175. The third-order valence-corrected chi connectivity index (χ3v) is 5.66. The van der Waals surface area contributed by atoms with Crippen LogP contribution in [0.15, 0.2) is 24.4 Å². The molecular weight excluding hydrogens is 342 g/mol. The number of imidazole rings is 1. The molecule has 0 spiro atoms. The summed E-state index contributed by atoms with van der Waals surface area (Å²) in [5, 5.41) is 3.13. The summed E-state index contributed by atoms with van der Waals surface area (Å²) in [5.74, 6) is 0.547. The average Bonchev–Trinajstić information content (AvgIpc) is 3.12. The lowest BCUT2D eigenvalue weighted by Gasteiger charge is -2.34. The number of likely N-dealkylation sites (tertiary alicyclic amines) is 1. The largest absolute Gasteiger partial charge is 0.368 e. The van der Waals surface area contributed by atoms with Crippen molar-refractivity contribution >= 4 is 11.7 Å². The molecule has 2 amide bonds. The summed E-state index contributed by atoms with van der Waals surface area (Å²) in [6.07, 6.45) is 4.25. The monoisotopic (exact) mass is 371 g/mol. The molecule has 0 saturated carbocycles. The van der Waals surface area contributed by atoms with Crippen LogP contribution in [0, 0.1) is 12.8 Å². The molecule has 0 bridgehead atoms. The molecule has 4 heterocycles. The number of carbonyl (C=O) groups excluding carboxylic acids is 1. The highest BCUT2D eigenvalue weighted by Gasteiger charge is 2.28. The van der Waals surface area contributed by atoms with Crippen molar-refractivity contribution in [1.82, 2.24) is 24.5 Å². The molecule has 0 aromatic carbocycles. The number of morpholine rings is 1. The first-order valence-corrected chi connectivity index (χ1v) is 9.87. The van der Waals surface area contributed by atoms with Gasteiger partial charge in [0.2, 0.25) is 0 Å². The zero-order valence-corrected chi connectivity index (χ0v) is 16.2. The number of nitrogens with zero attached hydrogens (tertiary/aromatic N) is 4. The van der Waals surface area contributed by atoms with E-state index in [1.807, 2.05) is 23.2 Å². The summed E-state index contributed by atoms with van der Waals surface area (Å²) >= 11 is 0. The minimum absolute atomic E-state index is 0.0106. The van der Waals surface area contributed by atoms with E-state index in [4.69, 9.17) is 9.72 Å². The number of hydrogen-bond acceptors (Lipinski definition) is 4. The van der Waals surface area contributed by atoms with Gasteiger partial charge in [0.25, 0.3) is 0 Å². The maximum absolute atomic E-state index is 12.6. The third-order valence-electron chi connectivity index (χ3n) is 5.66. The van der Waals surface area contributed by atoms with Crippen molar-refractivity contribution in [3.8, 4) is 0 Å². The van der Waals surface area contributed by atoms with Crippen molar-refractivity contribution in [3.63, 3.8) is 0 Å². The van der Waals surface area contributed by atoms with Gasteiger partial charge in [0.1, 0.15) is 11.8 Å². The quantitative estimate of drug-likeness (QED) is 0.897. The Morgan fingerprint density at radius 1 is 1.33 bits per heavy atom. The summed E-state index contributed by atoms with van der Waals surface area (Å²) in [7, 11) is 2.15. The molecule has 7 nitrogen and oxygen atoms in total. The second kappa shape index (κ2) is 7.86. The van der Waals surface area contributed by atoms with Gasteiger partial charge in [-0.25, -0.2) is 9.78 Å². The Kier molecular flexibility index (Phi) is 5.31. The number of carbonyl (C=O) groups is 1. The van der Waals surface area contributed by atoms with Gasteiger partial charge in [0.15, 0.2) is 0 Å². The number of pyridine rings is 1. The Balaban J connectivity index is 1.37. The SMILES string of the molecule is Cc1cccc2nc(C3CN(C(=O)NCC4CCCN(C)C4)CCO3)cn12. The first-order valence-electron chi connectivity index (χ1n) is 9.87. The van der Waals surface area contributed by atoms with E-state index in [1.54, 1.807) is 0 Å². The highest BCUT2D eigenvalue weighted by atomic mass is 16.5. The number of aromatic nitrogens is 2. The van der Waals surface area contributed by atoms with Crippen molar-refractivity contribution in [2.24, 2.45) is 5.92 Å². The first kappa shape index (κ1) is 18.3. The molecule has 2 aliphatic rings. The third kappa shape index (κ3) is 4.09. The fraction of sp³-hybridized carbons (Fsp3) is 0.600. The van der Waals surface area contributed by atoms with Crippen LogP contribution in [-0.2, 0) is 4.74 Å². The van der Waals surface area contributed by atoms with Crippen molar-refractivity contribution in [3.05, 3.63) is 35.8 Å². The van der Waals surface area contributed by atoms with Crippen LogP contribution in [0.1, 0.15) is 30.3 Å². The minimum Gasteiger partial charge on any atom is -0.368 e. The van der Waals surface area contributed by atoms with Crippen LogP contribution in [0.25, 0.3) is 5.65 Å². The zero-order chi connectivity index (χ0) is 18.8. The number of urea groups is 1. The number of aryl methyl sites for hydroxylation is 1. The molecule has 2 saturated heterocycles. The molecule has 27 heavy (non-hydrogen) atoms. The average molecular weight is 371 g/mol. The second-order valence-electron chi connectivity index (χ2n) is 7.82. The molecule has 2 fully saturated rings. The van der Waals surface area contributed by atoms with Gasteiger partial charge in [-0.2, -0.15) is 0 Å². The van der Waals surface area contributed by atoms with Gasteiger partial charge in [0, 0.05) is 31.5 Å². The molecule has 1 N–H and O–H groups in total. The predicted octanol–water partition coefficient (Wildman–Crippen LogP) is 2.07. The Morgan fingerprint density at radius 2 is 2.22 bits per heavy atom. The van der Waals surface area contributed by atoms with Gasteiger partial charge in [-0.3, -0.25) is 0 Å². The Bertz CT molecular complexity index is 805. The van der Waals surface area contributed by atoms with E-state index in [9.17, 15) is 4.79 Å². The number of ether oxygens (including phenoxy) is 1. The molecule has 2 atom stereocenters. The Labute approximate surface area is 160 Å². The topological polar surface area (TPSA) is 62.1 Å². The van der Waals surface area contributed by atoms with Gasteiger partial charge >= 0.3 is 6.03 Å². The van der Waals surface area contributed by atoms with E-state index in [2.05, 4.69) is 34.7 Å². The van der Waals surface area contributed by atoms with Crippen molar-refractivity contribution in [1.29, 1.82) is 0 Å². The molecule has 7 heteroatoms. The van der Waals surface area contributed by atoms with Gasteiger partial charge in [-0.05, 0) is 51.4 Å². The number of fused-ring (bicyclic) bond motifs is 1. The van der Waals surface area contributed by atoms with Crippen LogP contribution in [0.2, 0.25) is 0 Å². The molecule has 2 aromatic rings. The van der Waals surface area contributed by atoms with Crippen LogP contribution < -0.4 is 5.32 Å². The standard InChI is InChI=1S/C20H29N5O2/c1-15-5-3-7-19-22-17(13-25(15)19)18-14-24(9-10-27-18)20(26)21-11-16-6-4-8-23(2)12-16/h3,5,7,13,16,18H,4,6,8-12,14H2,1-2H3,(H,21,26). The number of rotatable bonds is 3. The van der Waals surface area contributed by atoms with E-state index in [0.717, 1.165) is 36.7 Å². The predicted molar refractivity (Wildman–Crippen MR) is 104 cm³/mol. The van der Waals surface area contributed by atoms with Crippen LogP contribution >= 0.6 is 0 Å². The molecule has 2 unspecified atom stereocenters. The van der Waals surface area contributed by atoms with E-state index in [-0.39, 0.29) is 12.1 Å². The molecule has 146 valence electrons. The molecule has 2 aromatic heterocycles. The number of hydrogen-bond donors (Lipinski definition) is 1. The number of nitrogens with one attached hydrogen (secondary N) is 1. The second-order valence-corrected chi connectivity index (χ2v) is 7.82. The van der Waals surface area contributed by atoms with Crippen LogP contribution in [0.5, 0.6) is 0 Å². The maximum atomic E-state index is 12.6. The normalized spacial score (nSPS) is 24.3. The van der Waals surface area contributed by atoms with E-state index in [1.165, 1.54) is 12.8 Å². The fourth-order valence-corrected chi connectivity index (χ4v) is 4.12. The highest BCUT2D eigenvalue weighted by Crippen LogP contribution is 2.23. The maximum Gasteiger partial charge on any atom is 0.317 e. The minimum atomic E-state index is -0.176. The first-order chi connectivity index (χ1) is 13.1. The Hall–Kier alpha value is -2.12. The van der Waals surface area contributed by atoms with Gasteiger partial charge < -0.3 is 24.3 Å². The van der Waals surface area contributed by atoms with Crippen molar-refractivity contribution in [2.45, 2.75) is 25.9 Å². The molecule has 0 aliphatic carbocycles. The van der Waals surface area contributed by atoms with Gasteiger partial charge in [-0.1, -0.05) is 6.07 Å². The summed E-state index contributed by atoms with van der Waals surface area (Å²) in [4.78, 5) is 21.5. The smallest absolute Gasteiger partial charge is 0.317 e. The summed E-state index contributed by atoms with van der Waals surface area (Å²) in [6, 6.07) is 6.07. The molecule has 0 radical (unpaired) electrons. The lowest BCUT2D eigenvalue weighted by Crippen LogP contribution is -2.49. The van der Waals surface area contributed by atoms with Crippen molar-refractivity contribution in [2.75, 3.05) is 46.4 Å². The summed E-state index contributed by atoms with van der Waals surface area (Å²) in [5.41, 5.74) is 2.93. The van der Waals surface area contributed by atoms with Crippen LogP contribution in [0.4, 0.5) is 4.79 Å². The van der Waals surface area contributed by atoms with Crippen molar-refractivity contribution < 1.29 is 9.53 Å². The zero-order valence-electron chi connectivity index (χ0n) is 16.2. The fourth-order valence-electron chi connectivity index (χ4n) is 4.12. The van der Waals surface area contributed by atoms with Crippen LogP contribution in [0.3, 0.4) is 0 Å². The van der Waals surface area contributed by atoms with E-state index in [0.29, 0.717) is 25.6 Å². The molecular formula is C20H29N5O2. The van der Waals surface area contributed by atoms with Crippen LogP contribution in [-0.4, -0.2) is 71.6 Å². The Morgan fingerprint density at radius 3 is 3.04 bits per heavy atom. The number of amides is 2. The highest BCUT2D eigenvalue weighted by molar-refractivity contribution is 5.74. The summed E-state index contributed by atoms with van der Waals surface area (Å²) in [6.45, 7) is 6.73. The van der Waals surface area contributed by atoms with E-state index >= 15 is 0 Å². The lowest BCUT2D eigenvalue weighted by atomic mass is 9.99. The van der Waals surface area contributed by atoms with Gasteiger partial charge in [0.05, 0.1) is 18.8 Å². The molecule has 4 rings (SSSR count). The number of piperidine rings is 1.